The van der Waals surface area contributed by atoms with Crippen LogP contribution in [0.2, 0.25) is 0 Å². The minimum absolute atomic E-state index is 0.0425. The average molecular weight is 350 g/mol. The van der Waals surface area contributed by atoms with Crippen molar-refractivity contribution in [2.45, 2.75) is 83.5 Å². The molecule has 2 N–H and O–H groups in total. The number of carbonyl (C=O) groups is 1. The molecule has 0 bridgehead atoms. The van der Waals surface area contributed by atoms with E-state index < -0.39 is 11.5 Å². The first-order valence-electron chi connectivity index (χ1n) is 10.2. The number of aliphatic hydroxyl groups is 2. The first-order valence-corrected chi connectivity index (χ1v) is 10.2. The summed E-state index contributed by atoms with van der Waals surface area (Å²) < 4.78 is 6.01. The Bertz CT molecular complexity index is 548. The zero-order valence-corrected chi connectivity index (χ0v) is 15.9. The van der Waals surface area contributed by atoms with E-state index in [0.717, 1.165) is 44.9 Å². The molecule has 1 unspecified atom stereocenters. The maximum atomic E-state index is 12.7. The summed E-state index contributed by atoms with van der Waals surface area (Å²) in [5.41, 5.74) is -0.390. The summed E-state index contributed by atoms with van der Waals surface area (Å²) in [6.07, 6.45) is 6.91. The van der Waals surface area contributed by atoms with Crippen molar-refractivity contribution in [2.24, 2.45) is 34.5 Å². The summed E-state index contributed by atoms with van der Waals surface area (Å²) in [5, 5.41) is 20.9. The third-order valence-electron chi connectivity index (χ3n) is 9.00. The molecule has 0 aromatic heterocycles. The molecule has 0 amide bonds. The second-order valence-corrected chi connectivity index (χ2v) is 9.67. The molecule has 4 nitrogen and oxygen atoms in total. The highest BCUT2D eigenvalue weighted by Gasteiger charge is 2.66. The lowest BCUT2D eigenvalue weighted by atomic mass is 9.43. The van der Waals surface area contributed by atoms with Crippen molar-refractivity contribution in [3.8, 4) is 0 Å². The quantitative estimate of drug-likeness (QED) is 0.803. The lowest BCUT2D eigenvalue weighted by molar-refractivity contribution is -0.196. The predicted octanol–water partition coefficient (Wildman–Crippen LogP) is 2.94. The molecular weight excluding hydrogens is 316 g/mol. The van der Waals surface area contributed by atoms with Gasteiger partial charge in [-0.15, -0.1) is 0 Å². The van der Waals surface area contributed by atoms with E-state index in [-0.39, 0.29) is 23.4 Å². The van der Waals surface area contributed by atoms with Crippen LogP contribution in [0.3, 0.4) is 0 Å². The van der Waals surface area contributed by atoms with Crippen LogP contribution in [-0.2, 0) is 9.53 Å². The summed E-state index contributed by atoms with van der Waals surface area (Å²) in [5.74, 6) is 1.95. The molecule has 0 heterocycles. The van der Waals surface area contributed by atoms with E-state index in [9.17, 15) is 15.0 Å². The number of hydrogen-bond donors (Lipinski definition) is 2. The maximum Gasteiger partial charge on any atom is 0.138 e. The van der Waals surface area contributed by atoms with Crippen LogP contribution in [-0.4, -0.2) is 41.4 Å². The van der Waals surface area contributed by atoms with Crippen molar-refractivity contribution in [1.82, 2.24) is 0 Å². The van der Waals surface area contributed by atoms with E-state index in [2.05, 4.69) is 6.92 Å². The highest BCUT2D eigenvalue weighted by atomic mass is 16.5. The number of methoxy groups -OCH3 is 1. The number of aliphatic hydroxyl groups excluding tert-OH is 2. The normalized spacial score (nSPS) is 55.2. The standard InChI is InChI=1S/C21H34O4/c1-12(22)21-11-17(25-3)19-15(16(21)6-7-18(21)24)5-4-13-10-14(23)8-9-20(13,19)2/h13-19,23-24H,4-11H2,1-3H3/t13-,14+,15-,16-,17-,18-,19+,20-,21?/m0/s1. The second kappa shape index (κ2) is 6.03. The third-order valence-corrected chi connectivity index (χ3v) is 9.00. The van der Waals surface area contributed by atoms with Gasteiger partial charge in [-0.05, 0) is 87.4 Å². The Morgan fingerprint density at radius 2 is 1.88 bits per heavy atom. The van der Waals surface area contributed by atoms with Crippen molar-refractivity contribution in [1.29, 1.82) is 0 Å². The van der Waals surface area contributed by atoms with Crippen molar-refractivity contribution >= 4 is 5.78 Å². The van der Waals surface area contributed by atoms with Crippen molar-refractivity contribution in [2.75, 3.05) is 7.11 Å². The lowest BCUT2D eigenvalue weighted by Gasteiger charge is -2.62. The molecule has 4 aliphatic carbocycles. The van der Waals surface area contributed by atoms with Gasteiger partial charge >= 0.3 is 0 Å². The van der Waals surface area contributed by atoms with E-state index in [1.807, 2.05) is 0 Å². The molecule has 0 aromatic carbocycles. The molecule has 4 rings (SSSR count). The summed E-state index contributed by atoms with van der Waals surface area (Å²) in [6, 6.07) is 0. The molecule has 4 aliphatic rings. The molecule has 0 saturated heterocycles. The fourth-order valence-corrected chi connectivity index (χ4v) is 7.81. The predicted molar refractivity (Wildman–Crippen MR) is 94.9 cm³/mol. The highest BCUT2D eigenvalue weighted by molar-refractivity contribution is 5.84. The fraction of sp³-hybridized carbons (Fsp3) is 0.952. The third kappa shape index (κ3) is 2.33. The van der Waals surface area contributed by atoms with E-state index in [4.69, 9.17) is 4.74 Å². The van der Waals surface area contributed by atoms with Gasteiger partial charge in [0.15, 0.2) is 0 Å². The van der Waals surface area contributed by atoms with Gasteiger partial charge in [-0.3, -0.25) is 4.79 Å². The molecule has 4 fully saturated rings. The van der Waals surface area contributed by atoms with E-state index in [1.165, 1.54) is 0 Å². The monoisotopic (exact) mass is 350 g/mol. The zero-order chi connectivity index (χ0) is 18.0. The number of hydrogen-bond acceptors (Lipinski definition) is 4. The number of carbonyl (C=O) groups excluding carboxylic acids is 1. The topological polar surface area (TPSA) is 66.8 Å². The first kappa shape index (κ1) is 17.9. The minimum Gasteiger partial charge on any atom is -0.393 e. The Morgan fingerprint density at radius 3 is 2.56 bits per heavy atom. The smallest absolute Gasteiger partial charge is 0.138 e. The number of ketones is 1. The Morgan fingerprint density at radius 1 is 1.12 bits per heavy atom. The van der Waals surface area contributed by atoms with E-state index in [0.29, 0.717) is 30.1 Å². The van der Waals surface area contributed by atoms with Gasteiger partial charge in [-0.1, -0.05) is 6.92 Å². The largest absolute Gasteiger partial charge is 0.393 e. The number of rotatable bonds is 2. The fourth-order valence-electron chi connectivity index (χ4n) is 7.81. The molecule has 0 spiro atoms. The van der Waals surface area contributed by atoms with Crippen LogP contribution in [0.15, 0.2) is 0 Å². The van der Waals surface area contributed by atoms with Gasteiger partial charge in [0.05, 0.1) is 23.7 Å². The van der Waals surface area contributed by atoms with Gasteiger partial charge < -0.3 is 14.9 Å². The Hall–Kier alpha value is -0.450. The number of Topliss-reactive ketones (excluding diaryl/α,β-unsaturated/α-hetero) is 1. The molecule has 0 aromatic rings. The van der Waals surface area contributed by atoms with Crippen molar-refractivity contribution < 1.29 is 19.7 Å². The molecule has 25 heavy (non-hydrogen) atoms. The van der Waals surface area contributed by atoms with Crippen LogP contribution in [0, 0.1) is 34.5 Å². The number of ether oxygens (including phenoxy) is 1. The van der Waals surface area contributed by atoms with E-state index in [1.54, 1.807) is 14.0 Å². The summed E-state index contributed by atoms with van der Waals surface area (Å²) in [4.78, 5) is 12.7. The summed E-state index contributed by atoms with van der Waals surface area (Å²) in [7, 11) is 1.78. The van der Waals surface area contributed by atoms with Gasteiger partial charge in [-0.2, -0.15) is 0 Å². The van der Waals surface area contributed by atoms with Gasteiger partial charge in [-0.25, -0.2) is 0 Å². The first-order chi connectivity index (χ1) is 11.8. The van der Waals surface area contributed by atoms with Gasteiger partial charge in [0.25, 0.3) is 0 Å². The van der Waals surface area contributed by atoms with Crippen LogP contribution in [0.1, 0.15) is 65.2 Å². The van der Waals surface area contributed by atoms with Gasteiger partial charge in [0.2, 0.25) is 0 Å². The van der Waals surface area contributed by atoms with Crippen molar-refractivity contribution in [3.63, 3.8) is 0 Å². The zero-order valence-electron chi connectivity index (χ0n) is 15.9. The Labute approximate surface area is 151 Å². The SMILES string of the molecule is CO[C@H]1CC2(C(C)=O)[C@@H](O)CC[C@H]2[C@@H]2CC[C@H]3C[C@H](O)CC[C@]3(C)[C@H]21. The van der Waals surface area contributed by atoms with Crippen LogP contribution in [0.25, 0.3) is 0 Å². The van der Waals surface area contributed by atoms with Gasteiger partial charge in [0, 0.05) is 7.11 Å². The van der Waals surface area contributed by atoms with Crippen LogP contribution < -0.4 is 0 Å². The van der Waals surface area contributed by atoms with Crippen LogP contribution >= 0.6 is 0 Å². The Kier molecular flexibility index (Phi) is 4.33. The highest BCUT2D eigenvalue weighted by Crippen LogP contribution is 2.66. The summed E-state index contributed by atoms with van der Waals surface area (Å²) in [6.45, 7) is 4.09. The average Bonchev–Trinajstić information content (AvgIpc) is 2.92. The Balaban J connectivity index is 1.74. The van der Waals surface area contributed by atoms with Crippen LogP contribution in [0.5, 0.6) is 0 Å². The second-order valence-electron chi connectivity index (χ2n) is 9.67. The van der Waals surface area contributed by atoms with Crippen molar-refractivity contribution in [3.05, 3.63) is 0 Å². The molecule has 4 saturated carbocycles. The molecule has 0 aliphatic heterocycles. The van der Waals surface area contributed by atoms with E-state index >= 15 is 0 Å². The molecule has 9 atom stereocenters. The maximum absolute atomic E-state index is 12.7. The summed E-state index contributed by atoms with van der Waals surface area (Å²) >= 11 is 0. The number of fused-ring (bicyclic) bond motifs is 5. The molecule has 4 heteroatoms. The molecule has 142 valence electrons. The van der Waals surface area contributed by atoms with Gasteiger partial charge in [0.1, 0.15) is 5.78 Å². The molecule has 0 radical (unpaired) electrons. The lowest BCUT2D eigenvalue weighted by Crippen LogP contribution is -2.62. The minimum atomic E-state index is -0.584. The molecular formula is C21H34O4. The van der Waals surface area contributed by atoms with Crippen LogP contribution in [0.4, 0.5) is 0 Å².